The van der Waals surface area contributed by atoms with E-state index in [4.69, 9.17) is 14.2 Å². The lowest BCUT2D eigenvalue weighted by Crippen LogP contribution is -2.36. The summed E-state index contributed by atoms with van der Waals surface area (Å²) < 4.78 is 17.4. The molecule has 2 heterocycles. The molecule has 0 saturated carbocycles. The van der Waals surface area contributed by atoms with Crippen molar-refractivity contribution in [2.75, 3.05) is 26.6 Å². The second-order valence-corrected chi connectivity index (χ2v) is 8.32. The standard InChI is InChI=1S/C22H25N3O5/c1-22(2)9-14-18(15(26)10-22)19(12-6-7-16(28-3)17(8-12)29-4)25-20(24-14)13(11-23-25)21(27)30-5/h6-8,11,19,24H,9-10H2,1-5H3/t19-/m0/s1. The number of esters is 1. The van der Waals surface area contributed by atoms with Gasteiger partial charge in [-0.3, -0.25) is 4.79 Å². The van der Waals surface area contributed by atoms with Crippen LogP contribution in [-0.2, 0) is 9.53 Å². The van der Waals surface area contributed by atoms with Crippen molar-refractivity contribution in [1.29, 1.82) is 0 Å². The van der Waals surface area contributed by atoms with Gasteiger partial charge < -0.3 is 19.5 Å². The van der Waals surface area contributed by atoms with Crippen molar-refractivity contribution in [2.45, 2.75) is 32.7 Å². The monoisotopic (exact) mass is 411 g/mol. The zero-order chi connectivity index (χ0) is 21.6. The summed E-state index contributed by atoms with van der Waals surface area (Å²) in [5, 5.41) is 7.74. The Morgan fingerprint density at radius 3 is 2.57 bits per heavy atom. The molecule has 0 fully saturated rings. The van der Waals surface area contributed by atoms with Gasteiger partial charge in [0.15, 0.2) is 17.3 Å². The lowest BCUT2D eigenvalue weighted by molar-refractivity contribution is -0.118. The fourth-order valence-electron chi connectivity index (χ4n) is 4.30. The summed E-state index contributed by atoms with van der Waals surface area (Å²) in [6.45, 7) is 4.13. The Hall–Kier alpha value is -3.29. The Balaban J connectivity index is 1.93. The summed E-state index contributed by atoms with van der Waals surface area (Å²) in [6, 6.07) is 5.05. The zero-order valence-corrected chi connectivity index (χ0v) is 17.7. The van der Waals surface area contributed by atoms with Crippen LogP contribution in [0.1, 0.15) is 48.7 Å². The molecule has 0 spiro atoms. The maximum Gasteiger partial charge on any atom is 0.343 e. The molecule has 0 bridgehead atoms. The highest BCUT2D eigenvalue weighted by molar-refractivity contribution is 6.01. The zero-order valence-electron chi connectivity index (χ0n) is 17.7. The van der Waals surface area contributed by atoms with Crippen LogP contribution in [0.4, 0.5) is 5.82 Å². The van der Waals surface area contributed by atoms with Gasteiger partial charge in [-0.1, -0.05) is 19.9 Å². The largest absolute Gasteiger partial charge is 0.493 e. The minimum atomic E-state index is -0.488. The molecule has 1 aliphatic heterocycles. The van der Waals surface area contributed by atoms with E-state index in [0.29, 0.717) is 41.3 Å². The van der Waals surface area contributed by atoms with Crippen LogP contribution in [-0.4, -0.2) is 42.9 Å². The summed E-state index contributed by atoms with van der Waals surface area (Å²) in [5.41, 5.74) is 2.43. The first-order chi connectivity index (χ1) is 14.3. The van der Waals surface area contributed by atoms with Gasteiger partial charge in [-0.05, 0) is 29.5 Å². The van der Waals surface area contributed by atoms with Crippen LogP contribution >= 0.6 is 0 Å². The van der Waals surface area contributed by atoms with Gasteiger partial charge in [0.05, 0.1) is 27.5 Å². The second-order valence-electron chi connectivity index (χ2n) is 8.32. The molecule has 1 N–H and O–H groups in total. The highest BCUT2D eigenvalue weighted by Gasteiger charge is 2.42. The Bertz CT molecular complexity index is 1070. The molecular formula is C22H25N3O5. The van der Waals surface area contributed by atoms with E-state index in [-0.39, 0.29) is 11.2 Å². The van der Waals surface area contributed by atoms with Crippen LogP contribution in [0.25, 0.3) is 0 Å². The van der Waals surface area contributed by atoms with Gasteiger partial charge >= 0.3 is 5.97 Å². The Morgan fingerprint density at radius 1 is 1.17 bits per heavy atom. The SMILES string of the molecule is COC(=O)c1cnn2c1NC1=C(C(=O)CC(C)(C)C1)[C@@H]2c1ccc(OC)c(OC)c1. The van der Waals surface area contributed by atoms with Gasteiger partial charge in [-0.25, -0.2) is 9.48 Å². The average molecular weight is 411 g/mol. The van der Waals surface area contributed by atoms with Crippen molar-refractivity contribution in [3.63, 3.8) is 0 Å². The van der Waals surface area contributed by atoms with E-state index >= 15 is 0 Å². The van der Waals surface area contributed by atoms with Gasteiger partial charge in [-0.2, -0.15) is 5.10 Å². The number of methoxy groups -OCH3 is 3. The van der Waals surface area contributed by atoms with Crippen LogP contribution in [0.2, 0.25) is 0 Å². The molecule has 0 radical (unpaired) electrons. The van der Waals surface area contributed by atoms with Crippen molar-refractivity contribution < 1.29 is 23.8 Å². The molecule has 2 aliphatic rings. The quantitative estimate of drug-likeness (QED) is 0.772. The minimum Gasteiger partial charge on any atom is -0.493 e. The maximum atomic E-state index is 13.2. The molecule has 2 aromatic rings. The normalized spacial score (nSPS) is 19.5. The number of ether oxygens (including phenoxy) is 3. The van der Waals surface area contributed by atoms with Crippen LogP contribution in [0.5, 0.6) is 11.5 Å². The number of carbonyl (C=O) groups is 2. The molecule has 158 valence electrons. The Kier molecular flexibility index (Phi) is 4.80. The highest BCUT2D eigenvalue weighted by Crippen LogP contribution is 2.47. The van der Waals surface area contributed by atoms with Crippen LogP contribution in [0.3, 0.4) is 0 Å². The van der Waals surface area contributed by atoms with E-state index in [1.54, 1.807) is 25.0 Å². The number of carbonyl (C=O) groups excluding carboxylic acids is 2. The van der Waals surface area contributed by atoms with Crippen LogP contribution in [0.15, 0.2) is 35.7 Å². The summed E-state index contributed by atoms with van der Waals surface area (Å²) in [6.07, 6.45) is 2.59. The summed E-state index contributed by atoms with van der Waals surface area (Å²) in [5.74, 6) is 1.25. The molecule has 0 unspecified atom stereocenters. The summed E-state index contributed by atoms with van der Waals surface area (Å²) in [4.78, 5) is 25.5. The number of fused-ring (bicyclic) bond motifs is 1. The van der Waals surface area contributed by atoms with Crippen molar-refractivity contribution in [3.05, 3.63) is 46.8 Å². The number of Topliss-reactive ketones (excluding diaryl/α,β-unsaturated/α-hetero) is 1. The molecule has 1 aliphatic carbocycles. The average Bonchev–Trinajstić information content (AvgIpc) is 3.13. The first kappa shape index (κ1) is 20.0. The number of hydrogen-bond acceptors (Lipinski definition) is 7. The number of rotatable bonds is 4. The number of hydrogen-bond donors (Lipinski definition) is 1. The highest BCUT2D eigenvalue weighted by atomic mass is 16.5. The molecule has 1 atom stereocenters. The van der Waals surface area contributed by atoms with Crippen molar-refractivity contribution in [2.24, 2.45) is 5.41 Å². The smallest absolute Gasteiger partial charge is 0.343 e. The molecule has 30 heavy (non-hydrogen) atoms. The lowest BCUT2D eigenvalue weighted by atomic mass is 9.73. The molecule has 4 rings (SSSR count). The topological polar surface area (TPSA) is 91.7 Å². The van der Waals surface area contributed by atoms with Gasteiger partial charge in [0.1, 0.15) is 17.4 Å². The first-order valence-corrected chi connectivity index (χ1v) is 9.70. The number of allylic oxidation sites excluding steroid dienone is 2. The molecule has 1 aromatic carbocycles. The van der Waals surface area contributed by atoms with Gasteiger partial charge in [0.25, 0.3) is 0 Å². The maximum absolute atomic E-state index is 13.2. The third-order valence-electron chi connectivity index (χ3n) is 5.63. The Morgan fingerprint density at radius 2 is 1.90 bits per heavy atom. The van der Waals surface area contributed by atoms with Crippen molar-refractivity contribution >= 4 is 17.6 Å². The number of aromatic nitrogens is 2. The fourth-order valence-corrected chi connectivity index (χ4v) is 4.30. The predicted octanol–water partition coefficient (Wildman–Crippen LogP) is 3.35. The summed E-state index contributed by atoms with van der Waals surface area (Å²) >= 11 is 0. The van der Waals surface area contributed by atoms with E-state index in [0.717, 1.165) is 11.3 Å². The third-order valence-corrected chi connectivity index (χ3v) is 5.63. The van der Waals surface area contributed by atoms with Crippen molar-refractivity contribution in [1.82, 2.24) is 9.78 Å². The molecule has 1 aromatic heterocycles. The molecule has 0 amide bonds. The fraction of sp³-hybridized carbons (Fsp3) is 0.409. The molecule has 8 nitrogen and oxygen atoms in total. The lowest BCUT2D eigenvalue weighted by Gasteiger charge is -2.39. The van der Waals surface area contributed by atoms with Crippen molar-refractivity contribution in [3.8, 4) is 11.5 Å². The third kappa shape index (κ3) is 3.12. The molecule has 8 heteroatoms. The minimum absolute atomic E-state index is 0.0642. The molecule has 0 saturated heterocycles. The van der Waals surface area contributed by atoms with E-state index in [2.05, 4.69) is 24.3 Å². The number of nitrogens with zero attached hydrogens (tertiary/aromatic N) is 2. The Labute approximate surface area is 174 Å². The predicted molar refractivity (Wildman–Crippen MR) is 110 cm³/mol. The van der Waals surface area contributed by atoms with Gasteiger partial charge in [0, 0.05) is 17.7 Å². The van der Waals surface area contributed by atoms with Gasteiger partial charge in [-0.15, -0.1) is 0 Å². The number of nitrogens with one attached hydrogen (secondary N) is 1. The van der Waals surface area contributed by atoms with Crippen LogP contribution < -0.4 is 14.8 Å². The number of anilines is 1. The first-order valence-electron chi connectivity index (χ1n) is 9.70. The second kappa shape index (κ2) is 7.19. The van der Waals surface area contributed by atoms with Crippen LogP contribution in [0, 0.1) is 5.41 Å². The van der Waals surface area contributed by atoms with E-state index in [1.165, 1.54) is 13.3 Å². The molecular weight excluding hydrogens is 386 g/mol. The number of ketones is 1. The van der Waals surface area contributed by atoms with E-state index in [1.807, 2.05) is 12.1 Å². The van der Waals surface area contributed by atoms with E-state index in [9.17, 15) is 9.59 Å². The van der Waals surface area contributed by atoms with E-state index < -0.39 is 12.0 Å². The summed E-state index contributed by atoms with van der Waals surface area (Å²) in [7, 11) is 4.47. The van der Waals surface area contributed by atoms with Gasteiger partial charge in [0.2, 0.25) is 0 Å². The number of benzene rings is 1.